The van der Waals surface area contributed by atoms with Crippen LogP contribution in [0.1, 0.15) is 29.8 Å². The Hall–Kier alpha value is -1.96. The molecule has 1 fully saturated rings. The highest BCUT2D eigenvalue weighted by Gasteiger charge is 2.33. The molecule has 1 saturated heterocycles. The number of hydrogen-bond donors (Lipinski definition) is 2. The fourth-order valence-corrected chi connectivity index (χ4v) is 2.22. The van der Waals surface area contributed by atoms with E-state index < -0.39 is 12.0 Å². The van der Waals surface area contributed by atoms with Gasteiger partial charge in [0.1, 0.15) is 6.04 Å². The maximum Gasteiger partial charge on any atom is 0.326 e. The average molecular weight is 267 g/mol. The molecular formula is C11H17N5O3. The highest BCUT2D eigenvalue weighted by molar-refractivity contribution is 5.94. The minimum Gasteiger partial charge on any atom is -0.480 e. The summed E-state index contributed by atoms with van der Waals surface area (Å²) in [7, 11) is 0. The summed E-state index contributed by atoms with van der Waals surface area (Å²) in [6.07, 6.45) is 3.62. The SMILES string of the molecule is NCCn1cc(C(=O)N2CCCC[C@@H]2C(=O)O)nn1. The zero-order valence-electron chi connectivity index (χ0n) is 10.5. The Labute approximate surface area is 110 Å². The van der Waals surface area contributed by atoms with E-state index >= 15 is 0 Å². The lowest BCUT2D eigenvalue weighted by Crippen LogP contribution is -2.48. The predicted molar refractivity (Wildman–Crippen MR) is 65.4 cm³/mol. The van der Waals surface area contributed by atoms with Gasteiger partial charge in [-0.2, -0.15) is 0 Å². The second-order valence-corrected chi connectivity index (χ2v) is 4.50. The fraction of sp³-hybridized carbons (Fsp3) is 0.636. The molecule has 1 aromatic heterocycles. The van der Waals surface area contributed by atoms with Crippen LogP contribution in [-0.2, 0) is 11.3 Å². The molecule has 19 heavy (non-hydrogen) atoms. The molecule has 2 heterocycles. The normalized spacial score (nSPS) is 19.4. The number of carboxylic acids is 1. The number of aromatic nitrogens is 3. The molecule has 3 N–H and O–H groups in total. The van der Waals surface area contributed by atoms with Crippen LogP contribution in [0.5, 0.6) is 0 Å². The number of nitrogens with two attached hydrogens (primary N) is 1. The van der Waals surface area contributed by atoms with Gasteiger partial charge in [-0.25, -0.2) is 4.79 Å². The average Bonchev–Trinajstić information content (AvgIpc) is 2.87. The number of rotatable bonds is 4. The highest BCUT2D eigenvalue weighted by Crippen LogP contribution is 2.19. The second-order valence-electron chi connectivity index (χ2n) is 4.50. The van der Waals surface area contributed by atoms with E-state index in [1.807, 2.05) is 0 Å². The van der Waals surface area contributed by atoms with E-state index in [1.165, 1.54) is 15.8 Å². The summed E-state index contributed by atoms with van der Waals surface area (Å²) in [5.74, 6) is -1.35. The Morgan fingerprint density at radius 3 is 2.95 bits per heavy atom. The summed E-state index contributed by atoms with van der Waals surface area (Å²) in [4.78, 5) is 24.8. The lowest BCUT2D eigenvalue weighted by atomic mass is 10.0. The maximum absolute atomic E-state index is 12.2. The number of piperidine rings is 1. The van der Waals surface area contributed by atoms with Gasteiger partial charge in [-0.05, 0) is 19.3 Å². The van der Waals surface area contributed by atoms with Crippen molar-refractivity contribution in [3.8, 4) is 0 Å². The van der Waals surface area contributed by atoms with Crippen LogP contribution in [0.3, 0.4) is 0 Å². The molecular weight excluding hydrogens is 250 g/mol. The van der Waals surface area contributed by atoms with E-state index in [-0.39, 0.29) is 11.6 Å². The molecule has 0 saturated carbocycles. The Kier molecular flexibility index (Phi) is 4.10. The molecule has 0 unspecified atom stereocenters. The molecule has 8 nitrogen and oxygen atoms in total. The Balaban J connectivity index is 2.14. The van der Waals surface area contributed by atoms with Gasteiger partial charge >= 0.3 is 5.97 Å². The minimum atomic E-state index is -0.970. The third-order valence-corrected chi connectivity index (χ3v) is 3.16. The molecule has 8 heteroatoms. The molecule has 1 amide bonds. The van der Waals surface area contributed by atoms with Crippen molar-refractivity contribution in [3.05, 3.63) is 11.9 Å². The van der Waals surface area contributed by atoms with Crippen molar-refractivity contribution < 1.29 is 14.7 Å². The molecule has 0 aromatic carbocycles. The monoisotopic (exact) mass is 267 g/mol. The predicted octanol–water partition coefficient (Wildman–Crippen LogP) is -0.684. The standard InChI is InChI=1S/C11H17N5O3/c12-4-6-15-7-8(13-14-15)10(17)16-5-2-1-3-9(16)11(18)19/h7,9H,1-6,12H2,(H,18,19)/t9-/m1/s1. The number of aliphatic carboxylic acids is 1. The zero-order valence-corrected chi connectivity index (χ0v) is 10.5. The first kappa shape index (κ1) is 13.5. The summed E-state index contributed by atoms with van der Waals surface area (Å²) in [6, 6.07) is -0.763. The van der Waals surface area contributed by atoms with Crippen LogP contribution in [0.2, 0.25) is 0 Å². The van der Waals surface area contributed by atoms with Crippen LogP contribution in [0.4, 0.5) is 0 Å². The third kappa shape index (κ3) is 2.90. The molecule has 1 aromatic rings. The summed E-state index contributed by atoms with van der Waals surface area (Å²) >= 11 is 0. The number of hydrogen-bond acceptors (Lipinski definition) is 5. The molecule has 1 aliphatic rings. The molecule has 0 aliphatic carbocycles. The lowest BCUT2D eigenvalue weighted by molar-refractivity contribution is -0.143. The van der Waals surface area contributed by atoms with E-state index in [0.29, 0.717) is 26.1 Å². The van der Waals surface area contributed by atoms with E-state index in [0.717, 1.165) is 12.8 Å². The van der Waals surface area contributed by atoms with Crippen LogP contribution in [0, 0.1) is 0 Å². The van der Waals surface area contributed by atoms with Crippen molar-refractivity contribution in [2.24, 2.45) is 5.73 Å². The first-order valence-corrected chi connectivity index (χ1v) is 6.27. The third-order valence-electron chi connectivity index (χ3n) is 3.16. The number of carboxylic acid groups (broad SMARTS) is 1. The summed E-state index contributed by atoms with van der Waals surface area (Å²) < 4.78 is 1.48. The van der Waals surface area contributed by atoms with E-state index in [9.17, 15) is 9.59 Å². The van der Waals surface area contributed by atoms with Gasteiger partial charge in [-0.15, -0.1) is 5.10 Å². The van der Waals surface area contributed by atoms with Crippen LogP contribution in [0.15, 0.2) is 6.20 Å². The quantitative estimate of drug-likeness (QED) is 0.746. The van der Waals surface area contributed by atoms with Gasteiger partial charge in [0.2, 0.25) is 0 Å². The molecule has 104 valence electrons. The highest BCUT2D eigenvalue weighted by atomic mass is 16.4. The molecule has 1 atom stereocenters. The van der Waals surface area contributed by atoms with Crippen molar-refractivity contribution in [2.45, 2.75) is 31.8 Å². The minimum absolute atomic E-state index is 0.168. The van der Waals surface area contributed by atoms with Gasteiger partial charge in [0.15, 0.2) is 5.69 Å². The van der Waals surface area contributed by atoms with Crippen LogP contribution in [-0.4, -0.2) is 56.0 Å². The maximum atomic E-state index is 12.2. The van der Waals surface area contributed by atoms with Gasteiger partial charge in [0.05, 0.1) is 12.7 Å². The molecule has 0 bridgehead atoms. The largest absolute Gasteiger partial charge is 0.480 e. The van der Waals surface area contributed by atoms with Crippen molar-refractivity contribution in [2.75, 3.05) is 13.1 Å². The number of carbonyl (C=O) groups is 2. The van der Waals surface area contributed by atoms with Crippen LogP contribution in [0.25, 0.3) is 0 Å². The van der Waals surface area contributed by atoms with Crippen LogP contribution < -0.4 is 5.73 Å². The second kappa shape index (κ2) is 5.79. The van der Waals surface area contributed by atoms with Gasteiger partial charge in [-0.3, -0.25) is 9.48 Å². The molecule has 0 radical (unpaired) electrons. The molecule has 0 spiro atoms. The van der Waals surface area contributed by atoms with Gasteiger partial charge < -0.3 is 15.7 Å². The topological polar surface area (TPSA) is 114 Å². The number of nitrogens with zero attached hydrogens (tertiary/aromatic N) is 4. The smallest absolute Gasteiger partial charge is 0.326 e. The van der Waals surface area contributed by atoms with Crippen molar-refractivity contribution in [1.29, 1.82) is 0 Å². The summed E-state index contributed by atoms with van der Waals surface area (Å²) in [5.41, 5.74) is 5.56. The molecule has 1 aliphatic heterocycles. The van der Waals surface area contributed by atoms with E-state index in [4.69, 9.17) is 10.8 Å². The van der Waals surface area contributed by atoms with Crippen LogP contribution >= 0.6 is 0 Å². The van der Waals surface area contributed by atoms with Gasteiger partial charge in [0.25, 0.3) is 5.91 Å². The van der Waals surface area contributed by atoms with Crippen molar-refractivity contribution >= 4 is 11.9 Å². The lowest BCUT2D eigenvalue weighted by Gasteiger charge is -2.32. The number of amides is 1. The van der Waals surface area contributed by atoms with E-state index in [1.54, 1.807) is 0 Å². The van der Waals surface area contributed by atoms with Crippen molar-refractivity contribution in [3.63, 3.8) is 0 Å². The summed E-state index contributed by atoms with van der Waals surface area (Å²) in [6.45, 7) is 1.32. The first-order chi connectivity index (χ1) is 9.13. The zero-order chi connectivity index (χ0) is 13.8. The van der Waals surface area contributed by atoms with Crippen molar-refractivity contribution in [1.82, 2.24) is 19.9 Å². The van der Waals surface area contributed by atoms with Gasteiger partial charge in [-0.1, -0.05) is 5.21 Å². The Morgan fingerprint density at radius 2 is 2.26 bits per heavy atom. The molecule has 2 rings (SSSR count). The number of carbonyl (C=O) groups excluding carboxylic acids is 1. The Morgan fingerprint density at radius 1 is 1.47 bits per heavy atom. The first-order valence-electron chi connectivity index (χ1n) is 6.27. The van der Waals surface area contributed by atoms with Gasteiger partial charge in [0, 0.05) is 13.1 Å². The fourth-order valence-electron chi connectivity index (χ4n) is 2.22. The number of likely N-dealkylation sites (tertiary alicyclic amines) is 1. The summed E-state index contributed by atoms with van der Waals surface area (Å²) in [5, 5.41) is 16.7. The Bertz CT molecular complexity index is 473. The van der Waals surface area contributed by atoms with E-state index in [2.05, 4.69) is 10.3 Å².